The topological polar surface area (TPSA) is 99.4 Å². The molecule has 0 atom stereocenters. The molecule has 1 heterocycles. The Bertz CT molecular complexity index is 996. The first kappa shape index (κ1) is 14.9. The van der Waals surface area contributed by atoms with Crippen LogP contribution >= 0.6 is 0 Å². The van der Waals surface area contributed by atoms with Gasteiger partial charge in [-0.3, -0.25) is 15.1 Å². The van der Waals surface area contributed by atoms with E-state index in [4.69, 9.17) is 4.18 Å². The van der Waals surface area contributed by atoms with Crippen molar-refractivity contribution in [2.75, 3.05) is 0 Å². The smallest absolute Gasteiger partial charge is 0.339 e. The molecule has 2 aromatic carbocycles. The summed E-state index contributed by atoms with van der Waals surface area (Å²) in [4.78, 5) is 13.9. The average molecular weight is 330 g/mol. The molecule has 8 heteroatoms. The zero-order valence-electron chi connectivity index (χ0n) is 11.6. The number of para-hydroxylation sites is 1. The number of nitro groups is 1. The Hall–Kier alpha value is -3.00. The predicted octanol–water partition coefficient (Wildman–Crippen LogP) is 2.91. The Kier molecular flexibility index (Phi) is 3.67. The molecule has 0 fully saturated rings. The molecule has 116 valence electrons. The van der Waals surface area contributed by atoms with Crippen molar-refractivity contribution in [3.63, 3.8) is 0 Å². The Morgan fingerprint density at radius 2 is 1.78 bits per heavy atom. The summed E-state index contributed by atoms with van der Waals surface area (Å²) in [6, 6.07) is 13.1. The lowest BCUT2D eigenvalue weighted by Gasteiger charge is -2.08. The van der Waals surface area contributed by atoms with E-state index in [2.05, 4.69) is 4.98 Å². The van der Waals surface area contributed by atoms with Crippen LogP contribution in [-0.2, 0) is 10.1 Å². The highest BCUT2D eigenvalue weighted by molar-refractivity contribution is 7.87. The van der Waals surface area contributed by atoms with E-state index < -0.39 is 15.0 Å². The van der Waals surface area contributed by atoms with E-state index in [1.165, 1.54) is 30.5 Å². The SMILES string of the molecule is O=[N+]([O-])c1cccc(S(=O)(=O)Oc2cccc3cccnc23)c1. The number of hydrogen-bond donors (Lipinski definition) is 0. The Balaban J connectivity index is 2.04. The van der Waals surface area contributed by atoms with Crippen molar-refractivity contribution in [1.82, 2.24) is 4.98 Å². The third kappa shape index (κ3) is 2.97. The van der Waals surface area contributed by atoms with Crippen molar-refractivity contribution < 1.29 is 17.5 Å². The second-order valence-corrected chi connectivity index (χ2v) is 6.17. The van der Waals surface area contributed by atoms with Gasteiger partial charge in [-0.15, -0.1) is 0 Å². The summed E-state index contributed by atoms with van der Waals surface area (Å²) < 4.78 is 29.8. The monoisotopic (exact) mass is 330 g/mol. The lowest BCUT2D eigenvalue weighted by atomic mass is 10.2. The van der Waals surface area contributed by atoms with Crippen LogP contribution in [0.4, 0.5) is 5.69 Å². The highest BCUT2D eigenvalue weighted by Crippen LogP contribution is 2.27. The molecule has 1 aromatic heterocycles. The minimum absolute atomic E-state index is 0.0645. The summed E-state index contributed by atoms with van der Waals surface area (Å²) in [5.41, 5.74) is 0.0646. The van der Waals surface area contributed by atoms with Gasteiger partial charge in [0, 0.05) is 23.7 Å². The van der Waals surface area contributed by atoms with Crippen LogP contribution in [0, 0.1) is 10.1 Å². The zero-order valence-corrected chi connectivity index (χ0v) is 12.4. The van der Waals surface area contributed by atoms with E-state index in [9.17, 15) is 18.5 Å². The third-order valence-corrected chi connectivity index (χ3v) is 4.34. The van der Waals surface area contributed by atoms with Gasteiger partial charge in [-0.1, -0.05) is 24.3 Å². The first-order valence-electron chi connectivity index (χ1n) is 6.50. The van der Waals surface area contributed by atoms with Gasteiger partial charge in [0.2, 0.25) is 0 Å². The van der Waals surface area contributed by atoms with Crippen LogP contribution < -0.4 is 4.18 Å². The fourth-order valence-electron chi connectivity index (χ4n) is 2.06. The Morgan fingerprint density at radius 3 is 2.57 bits per heavy atom. The molecular weight excluding hydrogens is 320 g/mol. The second-order valence-electron chi connectivity index (χ2n) is 4.62. The molecule has 0 radical (unpaired) electrons. The molecule has 0 saturated heterocycles. The molecule has 0 amide bonds. The van der Waals surface area contributed by atoms with Crippen molar-refractivity contribution in [1.29, 1.82) is 0 Å². The van der Waals surface area contributed by atoms with Gasteiger partial charge in [0.1, 0.15) is 10.4 Å². The molecule has 0 aliphatic heterocycles. The number of rotatable bonds is 4. The van der Waals surface area contributed by atoms with Gasteiger partial charge in [-0.05, 0) is 18.2 Å². The molecule has 23 heavy (non-hydrogen) atoms. The van der Waals surface area contributed by atoms with E-state index in [0.29, 0.717) is 5.52 Å². The van der Waals surface area contributed by atoms with Crippen LogP contribution in [0.25, 0.3) is 10.9 Å². The van der Waals surface area contributed by atoms with Crippen LogP contribution in [0.1, 0.15) is 0 Å². The van der Waals surface area contributed by atoms with E-state index >= 15 is 0 Å². The molecular formula is C15H10N2O5S. The van der Waals surface area contributed by atoms with Gasteiger partial charge < -0.3 is 4.18 Å². The number of non-ortho nitro benzene ring substituents is 1. The molecule has 7 nitrogen and oxygen atoms in total. The fraction of sp³-hybridized carbons (Fsp3) is 0. The lowest BCUT2D eigenvalue weighted by molar-refractivity contribution is -0.385. The molecule has 0 unspecified atom stereocenters. The largest absolute Gasteiger partial charge is 0.377 e. The Morgan fingerprint density at radius 1 is 1.04 bits per heavy atom. The minimum atomic E-state index is -4.21. The Labute approximate surface area is 131 Å². The number of hydrogen-bond acceptors (Lipinski definition) is 6. The molecule has 3 aromatic rings. The number of aromatic nitrogens is 1. The van der Waals surface area contributed by atoms with E-state index in [1.54, 1.807) is 24.3 Å². The van der Waals surface area contributed by atoms with Gasteiger partial charge in [-0.2, -0.15) is 8.42 Å². The minimum Gasteiger partial charge on any atom is -0.377 e. The van der Waals surface area contributed by atoms with Gasteiger partial charge in [0.25, 0.3) is 5.69 Å². The molecule has 0 aliphatic rings. The van der Waals surface area contributed by atoms with Gasteiger partial charge in [0.05, 0.1) is 4.92 Å². The predicted molar refractivity (Wildman–Crippen MR) is 82.7 cm³/mol. The second kappa shape index (κ2) is 5.65. The summed E-state index contributed by atoms with van der Waals surface area (Å²) in [7, 11) is -4.21. The highest BCUT2D eigenvalue weighted by atomic mass is 32.2. The number of fused-ring (bicyclic) bond motifs is 1. The first-order valence-corrected chi connectivity index (χ1v) is 7.91. The number of benzene rings is 2. The van der Waals surface area contributed by atoms with E-state index in [0.717, 1.165) is 11.5 Å². The quantitative estimate of drug-likeness (QED) is 0.414. The van der Waals surface area contributed by atoms with E-state index in [1.807, 2.05) is 0 Å². The van der Waals surface area contributed by atoms with Crippen LogP contribution in [-0.4, -0.2) is 18.3 Å². The summed E-state index contributed by atoms with van der Waals surface area (Å²) in [5, 5.41) is 11.5. The normalized spacial score (nSPS) is 11.3. The molecule has 0 N–H and O–H groups in total. The standard InChI is InChI=1S/C15H10N2O5S/c18-17(19)12-6-2-7-13(10-12)23(20,21)22-14-8-1-4-11-5-3-9-16-15(11)14/h1-10H. The van der Waals surface area contributed by atoms with E-state index in [-0.39, 0.29) is 16.3 Å². The summed E-state index contributed by atoms with van der Waals surface area (Å²) in [6.45, 7) is 0. The summed E-state index contributed by atoms with van der Waals surface area (Å²) in [5.74, 6) is 0.0645. The van der Waals surface area contributed by atoms with Crippen LogP contribution in [0.2, 0.25) is 0 Å². The van der Waals surface area contributed by atoms with Gasteiger partial charge in [-0.25, -0.2) is 0 Å². The highest BCUT2D eigenvalue weighted by Gasteiger charge is 2.21. The number of nitro benzene ring substituents is 1. The first-order chi connectivity index (χ1) is 11.0. The fourth-order valence-corrected chi connectivity index (χ4v) is 3.04. The third-order valence-electron chi connectivity index (χ3n) is 3.11. The van der Waals surface area contributed by atoms with Crippen LogP contribution in [0.3, 0.4) is 0 Å². The molecule has 0 spiro atoms. The maximum absolute atomic E-state index is 12.3. The summed E-state index contributed by atoms with van der Waals surface area (Å²) in [6.07, 6.45) is 1.52. The molecule has 0 saturated carbocycles. The maximum Gasteiger partial charge on any atom is 0.339 e. The van der Waals surface area contributed by atoms with Crippen molar-refractivity contribution >= 4 is 26.7 Å². The average Bonchev–Trinajstić information content (AvgIpc) is 2.55. The van der Waals surface area contributed by atoms with Crippen molar-refractivity contribution in [2.24, 2.45) is 0 Å². The number of pyridine rings is 1. The lowest BCUT2D eigenvalue weighted by Crippen LogP contribution is -2.10. The van der Waals surface area contributed by atoms with Gasteiger partial charge >= 0.3 is 10.1 Å². The zero-order chi connectivity index (χ0) is 16.4. The van der Waals surface area contributed by atoms with Crippen molar-refractivity contribution in [3.8, 4) is 5.75 Å². The molecule has 0 aliphatic carbocycles. The van der Waals surface area contributed by atoms with Crippen molar-refractivity contribution in [3.05, 3.63) is 70.9 Å². The summed E-state index contributed by atoms with van der Waals surface area (Å²) >= 11 is 0. The maximum atomic E-state index is 12.3. The molecule has 0 bridgehead atoms. The number of nitrogens with zero attached hydrogens (tertiary/aromatic N) is 2. The van der Waals surface area contributed by atoms with Crippen LogP contribution in [0.15, 0.2) is 65.7 Å². The van der Waals surface area contributed by atoms with Crippen molar-refractivity contribution in [2.45, 2.75) is 4.90 Å². The van der Waals surface area contributed by atoms with Crippen LogP contribution in [0.5, 0.6) is 5.75 Å². The molecule has 3 rings (SSSR count). The van der Waals surface area contributed by atoms with Gasteiger partial charge in [0.15, 0.2) is 5.75 Å².